The van der Waals surface area contributed by atoms with Gasteiger partial charge in [0.25, 0.3) is 0 Å². The van der Waals surface area contributed by atoms with E-state index in [2.05, 4.69) is 26.0 Å². The Bertz CT molecular complexity index is 527. The minimum atomic E-state index is -3.38. The maximum Gasteiger partial charge on any atom is 0.241 e. The molecule has 0 amide bonds. The zero-order chi connectivity index (χ0) is 13.2. The van der Waals surface area contributed by atoms with Gasteiger partial charge in [0.05, 0.1) is 4.90 Å². The monoisotopic (exact) mass is 332 g/mol. The van der Waals surface area contributed by atoms with Crippen molar-refractivity contribution < 1.29 is 8.42 Å². The van der Waals surface area contributed by atoms with Crippen molar-refractivity contribution in [3.8, 4) is 0 Å². The summed E-state index contributed by atoms with van der Waals surface area (Å²) in [4.78, 5) is 0.314. The first-order chi connectivity index (χ1) is 8.53. The van der Waals surface area contributed by atoms with Crippen LogP contribution in [0.1, 0.15) is 25.3 Å². The van der Waals surface area contributed by atoms with Crippen molar-refractivity contribution in [3.63, 3.8) is 0 Å². The summed E-state index contributed by atoms with van der Waals surface area (Å²) in [6.45, 7) is 3.67. The highest BCUT2D eigenvalue weighted by Crippen LogP contribution is 2.27. The molecule has 1 aliphatic rings. The van der Waals surface area contributed by atoms with E-state index in [-0.39, 0.29) is 6.04 Å². The molecular weight excluding hydrogens is 316 g/mol. The van der Waals surface area contributed by atoms with Crippen LogP contribution in [0.4, 0.5) is 0 Å². The molecule has 1 aliphatic carbocycles. The van der Waals surface area contributed by atoms with E-state index in [1.807, 2.05) is 19.1 Å². The van der Waals surface area contributed by atoms with Gasteiger partial charge in [-0.15, -0.1) is 0 Å². The molecule has 0 aromatic heterocycles. The van der Waals surface area contributed by atoms with Gasteiger partial charge in [-0.1, -0.05) is 13.0 Å². The summed E-state index contributed by atoms with van der Waals surface area (Å²) in [7, 11) is -3.38. The molecule has 0 bridgehead atoms. The summed E-state index contributed by atoms with van der Waals surface area (Å²) in [5.74, 6) is 0. The van der Waals surface area contributed by atoms with Gasteiger partial charge >= 0.3 is 0 Å². The second kappa shape index (κ2) is 5.69. The van der Waals surface area contributed by atoms with E-state index in [0.29, 0.717) is 9.37 Å². The van der Waals surface area contributed by atoms with Crippen molar-refractivity contribution in [2.45, 2.75) is 37.2 Å². The van der Waals surface area contributed by atoms with Gasteiger partial charge < -0.3 is 5.32 Å². The fourth-order valence-corrected chi connectivity index (χ4v) is 4.06. The van der Waals surface area contributed by atoms with Crippen LogP contribution in [0.3, 0.4) is 0 Å². The Morgan fingerprint density at radius 2 is 2.11 bits per heavy atom. The van der Waals surface area contributed by atoms with E-state index < -0.39 is 10.0 Å². The van der Waals surface area contributed by atoms with Gasteiger partial charge in [-0.05, 0) is 53.0 Å². The van der Waals surface area contributed by atoms with Crippen molar-refractivity contribution in [2.24, 2.45) is 0 Å². The molecule has 6 heteroatoms. The van der Waals surface area contributed by atoms with Crippen LogP contribution in [-0.4, -0.2) is 21.0 Å². The van der Waals surface area contributed by atoms with Gasteiger partial charge in [0, 0.05) is 17.1 Å². The van der Waals surface area contributed by atoms with E-state index in [1.54, 1.807) is 6.07 Å². The molecule has 100 valence electrons. The molecule has 0 saturated heterocycles. The number of nitrogens with one attached hydrogen (secondary N) is 2. The smallest absolute Gasteiger partial charge is 0.241 e. The van der Waals surface area contributed by atoms with Gasteiger partial charge in [-0.3, -0.25) is 0 Å². The molecule has 1 saturated carbocycles. The molecule has 2 N–H and O–H groups in total. The largest absolute Gasteiger partial charge is 0.313 e. The zero-order valence-electron chi connectivity index (χ0n) is 10.2. The second-order valence-electron chi connectivity index (χ2n) is 4.44. The van der Waals surface area contributed by atoms with Gasteiger partial charge in [0.15, 0.2) is 0 Å². The molecule has 18 heavy (non-hydrogen) atoms. The summed E-state index contributed by atoms with van der Waals surface area (Å²) >= 11 is 3.34. The molecular formula is C12H17BrN2O2S. The summed E-state index contributed by atoms with van der Waals surface area (Å²) < 4.78 is 27.4. The minimum absolute atomic E-state index is 0.128. The second-order valence-corrected chi connectivity index (χ2v) is 6.98. The molecule has 0 spiro atoms. The topological polar surface area (TPSA) is 58.2 Å². The average molecular weight is 333 g/mol. The van der Waals surface area contributed by atoms with Crippen LogP contribution in [0, 0.1) is 0 Å². The van der Waals surface area contributed by atoms with E-state index in [9.17, 15) is 8.42 Å². The predicted octanol–water partition coefficient (Wildman–Crippen LogP) is 2.00. The van der Waals surface area contributed by atoms with Crippen LogP contribution < -0.4 is 10.0 Å². The third-order valence-electron chi connectivity index (χ3n) is 2.76. The Hall–Kier alpha value is -0.430. The lowest BCUT2D eigenvalue weighted by molar-refractivity contribution is 0.580. The summed E-state index contributed by atoms with van der Waals surface area (Å²) in [6.07, 6.45) is 1.88. The van der Waals surface area contributed by atoms with Crippen molar-refractivity contribution in [1.29, 1.82) is 0 Å². The molecule has 1 aromatic carbocycles. The zero-order valence-corrected chi connectivity index (χ0v) is 12.6. The summed E-state index contributed by atoms with van der Waals surface area (Å²) in [5, 5.41) is 3.21. The molecule has 1 fully saturated rings. The lowest BCUT2D eigenvalue weighted by atomic mass is 10.2. The van der Waals surface area contributed by atoms with Gasteiger partial charge in [-0.25, -0.2) is 13.1 Å². The lowest BCUT2D eigenvalue weighted by Crippen LogP contribution is -2.26. The number of halogens is 1. The van der Waals surface area contributed by atoms with Gasteiger partial charge in [0.2, 0.25) is 10.0 Å². The summed E-state index contributed by atoms with van der Waals surface area (Å²) in [6, 6.07) is 5.48. The Labute approximate surface area is 116 Å². The van der Waals surface area contributed by atoms with Crippen molar-refractivity contribution in [3.05, 3.63) is 28.2 Å². The molecule has 2 rings (SSSR count). The Kier molecular flexibility index (Phi) is 4.42. The maximum absolute atomic E-state index is 12.1. The highest BCUT2D eigenvalue weighted by Gasteiger charge is 2.28. The Morgan fingerprint density at radius 3 is 2.67 bits per heavy atom. The number of sulfonamides is 1. The molecule has 0 aliphatic heterocycles. The van der Waals surface area contributed by atoms with Crippen LogP contribution in [-0.2, 0) is 16.6 Å². The van der Waals surface area contributed by atoms with Gasteiger partial charge in [-0.2, -0.15) is 0 Å². The minimum Gasteiger partial charge on any atom is -0.313 e. The first-order valence-electron chi connectivity index (χ1n) is 6.04. The first-order valence-corrected chi connectivity index (χ1v) is 8.32. The van der Waals surface area contributed by atoms with Crippen LogP contribution >= 0.6 is 15.9 Å². The van der Waals surface area contributed by atoms with Gasteiger partial charge in [0.1, 0.15) is 0 Å². The number of rotatable bonds is 6. The molecule has 1 aromatic rings. The maximum atomic E-state index is 12.1. The first kappa shape index (κ1) is 14.0. The van der Waals surface area contributed by atoms with Crippen LogP contribution in [0.25, 0.3) is 0 Å². The molecule has 0 radical (unpaired) electrons. The third kappa shape index (κ3) is 3.54. The molecule has 0 unspecified atom stereocenters. The van der Waals surface area contributed by atoms with Crippen molar-refractivity contribution >= 4 is 26.0 Å². The number of hydrogen-bond donors (Lipinski definition) is 2. The molecule has 0 atom stereocenters. The fraction of sp³-hybridized carbons (Fsp3) is 0.500. The summed E-state index contributed by atoms with van der Waals surface area (Å²) in [5.41, 5.74) is 1.06. The number of hydrogen-bond acceptors (Lipinski definition) is 3. The van der Waals surface area contributed by atoms with Crippen molar-refractivity contribution in [2.75, 3.05) is 6.54 Å². The molecule has 0 heterocycles. The predicted molar refractivity (Wildman–Crippen MR) is 74.9 cm³/mol. The normalized spacial score (nSPS) is 15.9. The standard InChI is InChI=1S/C12H17BrN2O2S/c1-2-14-8-9-3-6-12(11(13)7-9)18(16,17)15-10-4-5-10/h3,6-7,10,14-15H,2,4-5,8H2,1H3. The highest BCUT2D eigenvalue weighted by atomic mass is 79.9. The van der Waals surface area contributed by atoms with E-state index in [4.69, 9.17) is 0 Å². The Morgan fingerprint density at radius 1 is 1.39 bits per heavy atom. The SMILES string of the molecule is CCNCc1ccc(S(=O)(=O)NC2CC2)c(Br)c1. The number of benzene rings is 1. The highest BCUT2D eigenvalue weighted by molar-refractivity contribution is 9.10. The Balaban J connectivity index is 2.18. The van der Waals surface area contributed by atoms with Crippen LogP contribution in [0.2, 0.25) is 0 Å². The fourth-order valence-electron chi connectivity index (χ4n) is 1.63. The third-order valence-corrected chi connectivity index (χ3v) is 5.26. The van der Waals surface area contributed by atoms with Crippen molar-refractivity contribution in [1.82, 2.24) is 10.0 Å². The lowest BCUT2D eigenvalue weighted by Gasteiger charge is -2.09. The quantitative estimate of drug-likeness (QED) is 0.837. The van der Waals surface area contributed by atoms with E-state index >= 15 is 0 Å². The average Bonchev–Trinajstić information content (AvgIpc) is 3.09. The van der Waals surface area contributed by atoms with Crippen LogP contribution in [0.15, 0.2) is 27.6 Å². The van der Waals surface area contributed by atoms with Crippen LogP contribution in [0.5, 0.6) is 0 Å². The van der Waals surface area contributed by atoms with E-state index in [1.165, 1.54) is 0 Å². The molecule has 4 nitrogen and oxygen atoms in total. The van der Waals surface area contributed by atoms with E-state index in [0.717, 1.165) is 31.5 Å².